The number of likely N-dealkylation sites (tertiary alicyclic amines) is 1. The zero-order valence-electron chi connectivity index (χ0n) is 13.9. The van der Waals surface area contributed by atoms with Gasteiger partial charge >= 0.3 is 0 Å². The maximum absolute atomic E-state index is 10.2. The number of hydrogen-bond donors (Lipinski definition) is 3. The number of halogens is 1. The molecule has 1 aliphatic heterocycles. The molecule has 1 fully saturated rings. The molecule has 2 rings (SSSR count). The minimum Gasteiger partial charge on any atom is -0.386 e. The number of guanidine groups is 1. The van der Waals surface area contributed by atoms with Crippen LogP contribution in [0.2, 0.25) is 4.34 Å². The zero-order valence-corrected chi connectivity index (χ0v) is 15.5. The van der Waals surface area contributed by atoms with Crippen LogP contribution in [0, 0.1) is 5.92 Å². The van der Waals surface area contributed by atoms with Gasteiger partial charge in [-0.2, -0.15) is 0 Å². The first kappa shape index (κ1) is 18.5. The Balaban J connectivity index is 1.82. The molecule has 0 bridgehead atoms. The average molecular weight is 359 g/mol. The van der Waals surface area contributed by atoms with E-state index in [0.29, 0.717) is 16.8 Å². The predicted octanol–water partition coefficient (Wildman–Crippen LogP) is 2.33. The molecular weight excluding hydrogens is 332 g/mol. The molecule has 1 aromatic rings. The number of nitrogens with one attached hydrogen (secondary N) is 2. The first-order valence-corrected chi connectivity index (χ1v) is 9.42. The van der Waals surface area contributed by atoms with Gasteiger partial charge in [-0.1, -0.05) is 11.6 Å². The van der Waals surface area contributed by atoms with Crippen LogP contribution in [0.25, 0.3) is 0 Å². The van der Waals surface area contributed by atoms with Gasteiger partial charge in [-0.05, 0) is 58.0 Å². The topological polar surface area (TPSA) is 59.9 Å². The second-order valence-electron chi connectivity index (χ2n) is 6.00. The van der Waals surface area contributed by atoms with Crippen LogP contribution in [0.4, 0.5) is 0 Å². The Kier molecular flexibility index (Phi) is 7.62. The lowest BCUT2D eigenvalue weighted by Crippen LogP contribution is -2.42. The highest BCUT2D eigenvalue weighted by Gasteiger charge is 2.17. The van der Waals surface area contributed by atoms with Crippen molar-refractivity contribution in [2.24, 2.45) is 10.9 Å². The Morgan fingerprint density at radius 3 is 2.78 bits per heavy atom. The smallest absolute Gasteiger partial charge is 0.191 e. The van der Waals surface area contributed by atoms with E-state index in [1.54, 1.807) is 6.07 Å². The summed E-state index contributed by atoms with van der Waals surface area (Å²) in [5.41, 5.74) is 0. The van der Waals surface area contributed by atoms with Crippen molar-refractivity contribution >= 4 is 28.9 Å². The van der Waals surface area contributed by atoms with Gasteiger partial charge in [0.25, 0.3) is 0 Å². The van der Waals surface area contributed by atoms with Crippen molar-refractivity contribution in [2.45, 2.75) is 25.9 Å². The Morgan fingerprint density at radius 2 is 2.17 bits per heavy atom. The molecule has 0 radical (unpaired) electrons. The Bertz CT molecular complexity index is 500. The molecule has 5 nitrogen and oxygen atoms in total. The van der Waals surface area contributed by atoms with Crippen LogP contribution in [0.3, 0.4) is 0 Å². The van der Waals surface area contributed by atoms with Crippen molar-refractivity contribution < 1.29 is 5.11 Å². The molecule has 3 N–H and O–H groups in total. The number of aliphatic imine (C=N–C) groups is 1. The molecule has 1 saturated heterocycles. The molecule has 1 aliphatic rings. The Labute approximate surface area is 147 Å². The number of thiophene rings is 1. The van der Waals surface area contributed by atoms with Crippen LogP contribution in [0.15, 0.2) is 17.1 Å². The maximum Gasteiger partial charge on any atom is 0.191 e. The normalized spacial score (nSPS) is 18.9. The number of rotatable bonds is 6. The molecular formula is C16H27ClN4OS. The van der Waals surface area contributed by atoms with E-state index in [1.165, 1.54) is 24.2 Å². The minimum absolute atomic E-state index is 0.333. The Hall–Kier alpha value is -0.820. The molecule has 1 aromatic heterocycles. The highest BCUT2D eigenvalue weighted by Crippen LogP contribution is 2.26. The first-order chi connectivity index (χ1) is 11.1. The van der Waals surface area contributed by atoms with Crippen molar-refractivity contribution in [2.75, 3.05) is 39.8 Å². The van der Waals surface area contributed by atoms with E-state index in [-0.39, 0.29) is 0 Å². The van der Waals surface area contributed by atoms with Gasteiger partial charge in [-0.15, -0.1) is 11.3 Å². The summed E-state index contributed by atoms with van der Waals surface area (Å²) in [6.45, 7) is 6.44. The highest BCUT2D eigenvalue weighted by atomic mass is 35.5. The predicted molar refractivity (Wildman–Crippen MR) is 98.5 cm³/mol. The fourth-order valence-corrected chi connectivity index (χ4v) is 3.66. The molecule has 130 valence electrons. The van der Waals surface area contributed by atoms with Gasteiger partial charge in [-0.25, -0.2) is 0 Å². The number of aliphatic hydroxyl groups excluding tert-OH is 1. The third kappa shape index (κ3) is 6.30. The number of nitrogens with zero attached hydrogens (tertiary/aromatic N) is 2. The van der Waals surface area contributed by atoms with Crippen molar-refractivity contribution in [1.82, 2.24) is 15.5 Å². The molecule has 0 aliphatic carbocycles. The van der Waals surface area contributed by atoms with Gasteiger partial charge in [0, 0.05) is 18.0 Å². The number of aliphatic hydroxyl groups is 1. The van der Waals surface area contributed by atoms with Crippen LogP contribution in [-0.4, -0.2) is 55.7 Å². The van der Waals surface area contributed by atoms with E-state index in [1.807, 2.05) is 13.0 Å². The fourth-order valence-electron chi connectivity index (χ4n) is 2.62. The van der Waals surface area contributed by atoms with Crippen molar-refractivity contribution in [1.29, 1.82) is 0 Å². The summed E-state index contributed by atoms with van der Waals surface area (Å²) < 4.78 is 0.690. The molecule has 7 heteroatoms. The van der Waals surface area contributed by atoms with Crippen molar-refractivity contribution in [3.8, 4) is 0 Å². The molecule has 0 spiro atoms. The first-order valence-electron chi connectivity index (χ1n) is 8.22. The second-order valence-corrected chi connectivity index (χ2v) is 7.75. The third-order valence-corrected chi connectivity index (χ3v) is 5.42. The summed E-state index contributed by atoms with van der Waals surface area (Å²) in [7, 11) is 2.17. The van der Waals surface area contributed by atoms with Crippen LogP contribution < -0.4 is 10.6 Å². The molecule has 1 atom stereocenters. The average Bonchev–Trinajstić information content (AvgIpc) is 2.98. The van der Waals surface area contributed by atoms with Gasteiger partial charge in [0.15, 0.2) is 5.96 Å². The van der Waals surface area contributed by atoms with E-state index in [9.17, 15) is 5.11 Å². The van der Waals surface area contributed by atoms with Gasteiger partial charge in [0.1, 0.15) is 6.10 Å². The molecule has 2 heterocycles. The maximum atomic E-state index is 10.2. The molecule has 0 aromatic carbocycles. The minimum atomic E-state index is -0.605. The molecule has 0 amide bonds. The fraction of sp³-hybridized carbons (Fsp3) is 0.688. The lowest BCUT2D eigenvalue weighted by Gasteiger charge is -2.29. The summed E-state index contributed by atoms with van der Waals surface area (Å²) in [4.78, 5) is 7.72. The molecule has 23 heavy (non-hydrogen) atoms. The quantitative estimate of drug-likeness (QED) is 0.539. The highest BCUT2D eigenvalue weighted by molar-refractivity contribution is 7.16. The number of piperidine rings is 1. The lowest BCUT2D eigenvalue weighted by atomic mass is 9.97. The third-order valence-electron chi connectivity index (χ3n) is 4.09. The lowest BCUT2D eigenvalue weighted by molar-refractivity contribution is 0.191. The van der Waals surface area contributed by atoms with Gasteiger partial charge in [0.05, 0.1) is 10.9 Å². The van der Waals surface area contributed by atoms with E-state index in [0.717, 1.165) is 37.0 Å². The van der Waals surface area contributed by atoms with E-state index in [2.05, 4.69) is 27.6 Å². The Morgan fingerprint density at radius 1 is 1.43 bits per heavy atom. The van der Waals surface area contributed by atoms with Crippen molar-refractivity contribution in [3.63, 3.8) is 0 Å². The van der Waals surface area contributed by atoms with E-state index in [4.69, 9.17) is 11.6 Å². The van der Waals surface area contributed by atoms with Gasteiger partial charge < -0.3 is 20.6 Å². The van der Waals surface area contributed by atoms with E-state index >= 15 is 0 Å². The standard InChI is InChI=1S/C16H27ClN4OS/c1-3-18-16(19-10-12-6-8-21(2)9-7-12)20-11-13(22)14-4-5-15(17)23-14/h4-5,12-13,22H,3,6-11H2,1-2H3,(H2,18,19,20). The summed E-state index contributed by atoms with van der Waals surface area (Å²) >= 11 is 7.30. The summed E-state index contributed by atoms with van der Waals surface area (Å²) in [6, 6.07) is 3.66. The second kappa shape index (κ2) is 9.47. The largest absolute Gasteiger partial charge is 0.386 e. The monoisotopic (exact) mass is 358 g/mol. The van der Waals surface area contributed by atoms with Gasteiger partial charge in [0.2, 0.25) is 0 Å². The van der Waals surface area contributed by atoms with Crippen LogP contribution in [0.1, 0.15) is 30.7 Å². The van der Waals surface area contributed by atoms with Crippen LogP contribution in [0.5, 0.6) is 0 Å². The van der Waals surface area contributed by atoms with Crippen LogP contribution in [-0.2, 0) is 0 Å². The summed E-state index contributed by atoms with van der Waals surface area (Å²) in [5, 5.41) is 16.8. The SMILES string of the molecule is CCNC(=NCC(O)c1ccc(Cl)s1)NCC1CCN(C)CC1. The zero-order chi connectivity index (χ0) is 16.7. The summed E-state index contributed by atoms with van der Waals surface area (Å²) in [5.74, 6) is 1.46. The number of hydrogen-bond acceptors (Lipinski definition) is 4. The van der Waals surface area contributed by atoms with Crippen molar-refractivity contribution in [3.05, 3.63) is 21.3 Å². The molecule has 1 unspecified atom stereocenters. The van der Waals surface area contributed by atoms with E-state index < -0.39 is 6.10 Å². The van der Waals surface area contributed by atoms with Crippen LogP contribution >= 0.6 is 22.9 Å². The molecule has 0 saturated carbocycles. The summed E-state index contributed by atoms with van der Waals surface area (Å²) in [6.07, 6.45) is 1.84. The van der Waals surface area contributed by atoms with Gasteiger partial charge in [-0.3, -0.25) is 4.99 Å².